The first-order chi connectivity index (χ1) is 10.7. The van der Waals surface area contributed by atoms with Gasteiger partial charge in [0.05, 0.1) is 0 Å². The minimum absolute atomic E-state index is 0.241. The normalized spacial score (nSPS) is 10.2. The number of nitrogens with two attached hydrogens (primary N) is 1. The monoisotopic (exact) mass is 286 g/mol. The number of rotatable bonds is 2. The van der Waals surface area contributed by atoms with Gasteiger partial charge in [-0.2, -0.15) is 5.26 Å². The first-order valence-corrected chi connectivity index (χ1v) is 6.86. The van der Waals surface area contributed by atoms with Gasteiger partial charge in [0.25, 0.3) is 0 Å². The summed E-state index contributed by atoms with van der Waals surface area (Å²) in [6.45, 7) is 2.04. The van der Waals surface area contributed by atoms with Crippen LogP contribution in [0.25, 0.3) is 22.3 Å². The second kappa shape index (κ2) is 5.66. The molecule has 106 valence electrons. The van der Waals surface area contributed by atoms with Gasteiger partial charge in [0.1, 0.15) is 17.5 Å². The van der Waals surface area contributed by atoms with E-state index in [0.29, 0.717) is 5.56 Å². The first kappa shape index (κ1) is 13.8. The Kier molecular flexibility index (Phi) is 3.55. The molecule has 2 N–H and O–H groups in total. The maximum absolute atomic E-state index is 9.49. The molecule has 0 radical (unpaired) electrons. The van der Waals surface area contributed by atoms with Gasteiger partial charge in [-0.1, -0.05) is 29.8 Å². The van der Waals surface area contributed by atoms with Crippen molar-refractivity contribution in [3.05, 3.63) is 66.1 Å². The van der Waals surface area contributed by atoms with Gasteiger partial charge in [-0.15, -0.1) is 0 Å². The summed E-state index contributed by atoms with van der Waals surface area (Å²) >= 11 is 0. The van der Waals surface area contributed by atoms with E-state index >= 15 is 0 Å². The fourth-order valence-electron chi connectivity index (χ4n) is 2.41. The second-order valence-corrected chi connectivity index (χ2v) is 5.02. The molecule has 4 heteroatoms. The number of nitrogens with zero attached hydrogens (tertiary/aromatic N) is 3. The molecule has 0 saturated heterocycles. The fraction of sp³-hybridized carbons (Fsp3) is 0.0556. The lowest BCUT2D eigenvalue weighted by Crippen LogP contribution is -1.99. The van der Waals surface area contributed by atoms with Crippen molar-refractivity contribution in [1.82, 2.24) is 9.97 Å². The van der Waals surface area contributed by atoms with E-state index in [9.17, 15) is 5.26 Å². The van der Waals surface area contributed by atoms with Crippen molar-refractivity contribution in [2.24, 2.45) is 0 Å². The van der Waals surface area contributed by atoms with Crippen LogP contribution < -0.4 is 5.73 Å². The molecule has 0 bridgehead atoms. The quantitative estimate of drug-likeness (QED) is 0.781. The molecule has 1 aromatic carbocycles. The highest BCUT2D eigenvalue weighted by molar-refractivity contribution is 5.89. The Morgan fingerprint density at radius 3 is 2.32 bits per heavy atom. The van der Waals surface area contributed by atoms with Crippen LogP contribution >= 0.6 is 0 Å². The number of pyridine rings is 2. The van der Waals surface area contributed by atoms with E-state index in [1.165, 1.54) is 5.56 Å². The maximum atomic E-state index is 9.49. The van der Waals surface area contributed by atoms with E-state index in [2.05, 4.69) is 16.0 Å². The zero-order valence-corrected chi connectivity index (χ0v) is 12.1. The molecular weight excluding hydrogens is 272 g/mol. The maximum Gasteiger partial charge on any atom is 0.141 e. The molecule has 4 nitrogen and oxygen atoms in total. The van der Waals surface area contributed by atoms with Crippen LogP contribution in [-0.4, -0.2) is 9.97 Å². The lowest BCUT2D eigenvalue weighted by atomic mass is 9.92. The van der Waals surface area contributed by atoms with Crippen LogP contribution in [0.15, 0.2) is 55.0 Å². The summed E-state index contributed by atoms with van der Waals surface area (Å²) in [4.78, 5) is 8.21. The smallest absolute Gasteiger partial charge is 0.141 e. The standard InChI is InChI=1S/C18H14N4/c1-12-2-4-13(5-3-12)16-11-22-18(20)15(10-19)17(16)14-6-8-21-9-7-14/h2-9,11H,1H3,(H2,20,22). The van der Waals surface area contributed by atoms with Crippen molar-refractivity contribution in [3.63, 3.8) is 0 Å². The summed E-state index contributed by atoms with van der Waals surface area (Å²) in [6, 6.07) is 14.0. The molecule has 3 rings (SSSR count). The highest BCUT2D eigenvalue weighted by Crippen LogP contribution is 2.36. The summed E-state index contributed by atoms with van der Waals surface area (Å²) < 4.78 is 0. The predicted molar refractivity (Wildman–Crippen MR) is 86.8 cm³/mol. The topological polar surface area (TPSA) is 75.6 Å². The number of anilines is 1. The van der Waals surface area contributed by atoms with Gasteiger partial charge in [-0.25, -0.2) is 4.98 Å². The molecule has 0 spiro atoms. The summed E-state index contributed by atoms with van der Waals surface area (Å²) in [5, 5.41) is 9.49. The first-order valence-electron chi connectivity index (χ1n) is 6.86. The molecule has 0 fully saturated rings. The van der Waals surface area contributed by atoms with Crippen molar-refractivity contribution in [3.8, 4) is 28.3 Å². The summed E-state index contributed by atoms with van der Waals surface area (Å²) in [5.74, 6) is 0.241. The van der Waals surface area contributed by atoms with Crippen molar-refractivity contribution >= 4 is 5.82 Å². The minimum Gasteiger partial charge on any atom is -0.383 e. The molecule has 0 unspecified atom stereocenters. The van der Waals surface area contributed by atoms with Crippen LogP contribution in [0.1, 0.15) is 11.1 Å². The Hall–Kier alpha value is -3.19. The zero-order chi connectivity index (χ0) is 15.5. The lowest BCUT2D eigenvalue weighted by Gasteiger charge is -2.13. The third kappa shape index (κ3) is 2.40. The van der Waals surface area contributed by atoms with Crippen molar-refractivity contribution in [2.45, 2.75) is 6.92 Å². The summed E-state index contributed by atoms with van der Waals surface area (Å²) in [7, 11) is 0. The van der Waals surface area contributed by atoms with Gasteiger partial charge in [0.2, 0.25) is 0 Å². The van der Waals surface area contributed by atoms with Gasteiger partial charge in [0.15, 0.2) is 0 Å². The average molecular weight is 286 g/mol. The number of hydrogen-bond acceptors (Lipinski definition) is 4. The zero-order valence-electron chi connectivity index (χ0n) is 12.1. The highest BCUT2D eigenvalue weighted by Gasteiger charge is 2.16. The molecule has 2 heterocycles. The van der Waals surface area contributed by atoms with E-state index < -0.39 is 0 Å². The molecule has 0 saturated carbocycles. The summed E-state index contributed by atoms with van der Waals surface area (Å²) in [5.41, 5.74) is 11.0. The van der Waals surface area contributed by atoms with Gasteiger partial charge in [0, 0.05) is 29.7 Å². The Bertz CT molecular complexity index is 847. The van der Waals surface area contributed by atoms with Gasteiger partial charge in [-0.3, -0.25) is 4.98 Å². The largest absolute Gasteiger partial charge is 0.383 e. The molecule has 2 aromatic heterocycles. The molecular formula is C18H14N4. The third-order valence-electron chi connectivity index (χ3n) is 3.55. The Labute approximate surface area is 128 Å². The summed E-state index contributed by atoms with van der Waals surface area (Å²) in [6.07, 6.45) is 5.12. The van der Waals surface area contributed by atoms with Crippen LogP contribution in [0.5, 0.6) is 0 Å². The molecule has 22 heavy (non-hydrogen) atoms. The molecule has 0 aliphatic heterocycles. The number of aryl methyl sites for hydroxylation is 1. The Morgan fingerprint density at radius 2 is 1.68 bits per heavy atom. The number of nitriles is 1. The van der Waals surface area contributed by atoms with Crippen molar-refractivity contribution in [1.29, 1.82) is 5.26 Å². The highest BCUT2D eigenvalue weighted by atomic mass is 14.8. The minimum atomic E-state index is 0.241. The second-order valence-electron chi connectivity index (χ2n) is 5.02. The number of hydrogen-bond donors (Lipinski definition) is 1. The van der Waals surface area contributed by atoms with Crippen LogP contribution in [0.3, 0.4) is 0 Å². The van der Waals surface area contributed by atoms with E-state index in [0.717, 1.165) is 22.3 Å². The van der Waals surface area contributed by atoms with E-state index in [1.54, 1.807) is 18.6 Å². The van der Waals surface area contributed by atoms with Crippen molar-refractivity contribution in [2.75, 3.05) is 5.73 Å². The van der Waals surface area contributed by atoms with Crippen LogP contribution in [0.4, 0.5) is 5.82 Å². The third-order valence-corrected chi connectivity index (χ3v) is 3.55. The molecule has 0 aliphatic carbocycles. The number of nitrogen functional groups attached to an aromatic ring is 1. The van der Waals surface area contributed by atoms with E-state index in [-0.39, 0.29) is 5.82 Å². The SMILES string of the molecule is Cc1ccc(-c2cnc(N)c(C#N)c2-c2ccncc2)cc1. The molecule has 0 atom stereocenters. The average Bonchev–Trinajstić information content (AvgIpc) is 2.56. The fourth-order valence-corrected chi connectivity index (χ4v) is 2.41. The van der Waals surface area contributed by atoms with Gasteiger partial charge >= 0.3 is 0 Å². The number of benzene rings is 1. The Balaban J connectivity index is 2.32. The Morgan fingerprint density at radius 1 is 1.00 bits per heavy atom. The van der Waals surface area contributed by atoms with Crippen LogP contribution in [-0.2, 0) is 0 Å². The lowest BCUT2D eigenvalue weighted by molar-refractivity contribution is 1.29. The molecule has 3 aromatic rings. The van der Waals surface area contributed by atoms with Gasteiger partial charge in [-0.05, 0) is 30.2 Å². The number of aromatic nitrogens is 2. The van der Waals surface area contributed by atoms with Crippen LogP contribution in [0.2, 0.25) is 0 Å². The van der Waals surface area contributed by atoms with Gasteiger partial charge < -0.3 is 5.73 Å². The molecule has 0 aliphatic rings. The predicted octanol–water partition coefficient (Wildman–Crippen LogP) is 3.57. The molecule has 0 amide bonds. The van der Waals surface area contributed by atoms with Crippen molar-refractivity contribution < 1.29 is 0 Å². The van der Waals surface area contributed by atoms with Crippen LogP contribution in [0, 0.1) is 18.3 Å². The van der Waals surface area contributed by atoms with E-state index in [4.69, 9.17) is 5.73 Å². The van der Waals surface area contributed by atoms with E-state index in [1.807, 2.05) is 43.3 Å².